The number of carbonyl (C=O) groups excluding carboxylic acids is 1. The first-order chi connectivity index (χ1) is 8.08. The summed E-state index contributed by atoms with van der Waals surface area (Å²) in [7, 11) is 0. The van der Waals surface area contributed by atoms with E-state index >= 15 is 0 Å². The molecule has 0 aromatic carbocycles. The van der Waals surface area contributed by atoms with E-state index in [1.165, 1.54) is 0 Å². The average Bonchev–Trinajstić information content (AvgIpc) is 2.35. The van der Waals surface area contributed by atoms with Crippen molar-refractivity contribution >= 4 is 11.5 Å². The molecule has 0 spiro atoms. The maximum absolute atomic E-state index is 11.5. The molecule has 3 heteroatoms. The van der Waals surface area contributed by atoms with E-state index in [4.69, 9.17) is 0 Å². The summed E-state index contributed by atoms with van der Waals surface area (Å²) in [5.74, 6) is 0.0829. The normalized spacial score (nSPS) is 10.1. The number of hydrogen-bond acceptors (Lipinski definition) is 3. The minimum atomic E-state index is 0.0829. The largest absolute Gasteiger partial charge is 0.367 e. The van der Waals surface area contributed by atoms with Crippen LogP contribution in [0.4, 0.5) is 5.69 Å². The van der Waals surface area contributed by atoms with Gasteiger partial charge in [-0.1, -0.05) is 19.1 Å². The van der Waals surface area contributed by atoms with Gasteiger partial charge < -0.3 is 4.90 Å². The summed E-state index contributed by atoms with van der Waals surface area (Å²) in [6, 6.07) is 3.74. The molecule has 1 rings (SSSR count). The standard InChI is InChI=1S/C14H20N2O/c1-5-14(17)13-8-7-12(9-15-13)16(6-2)10-11(3)4/h7-9H,3,5-6,10H2,1-2,4H3. The zero-order valence-electron chi connectivity index (χ0n) is 10.9. The second-order valence-corrected chi connectivity index (χ2v) is 4.15. The van der Waals surface area contributed by atoms with Gasteiger partial charge in [0, 0.05) is 19.5 Å². The Kier molecular flexibility index (Phi) is 4.88. The van der Waals surface area contributed by atoms with Crippen molar-refractivity contribution in [1.82, 2.24) is 4.98 Å². The van der Waals surface area contributed by atoms with Crippen LogP contribution < -0.4 is 4.90 Å². The smallest absolute Gasteiger partial charge is 0.180 e. The molecule has 0 aliphatic rings. The highest BCUT2D eigenvalue weighted by Crippen LogP contribution is 2.14. The number of anilines is 1. The van der Waals surface area contributed by atoms with Gasteiger partial charge in [0.2, 0.25) is 0 Å². The number of aromatic nitrogens is 1. The van der Waals surface area contributed by atoms with E-state index in [-0.39, 0.29) is 5.78 Å². The maximum atomic E-state index is 11.5. The summed E-state index contributed by atoms with van der Waals surface area (Å²) in [6.45, 7) is 11.6. The van der Waals surface area contributed by atoms with Crippen LogP contribution in [0.15, 0.2) is 30.5 Å². The predicted octanol–water partition coefficient (Wildman–Crippen LogP) is 3.08. The molecule has 0 amide bonds. The third kappa shape index (κ3) is 3.70. The topological polar surface area (TPSA) is 33.2 Å². The van der Waals surface area contributed by atoms with Gasteiger partial charge in [-0.25, -0.2) is 0 Å². The van der Waals surface area contributed by atoms with E-state index in [1.54, 1.807) is 12.3 Å². The van der Waals surface area contributed by atoms with Crippen molar-refractivity contribution in [3.05, 3.63) is 36.2 Å². The number of hydrogen-bond donors (Lipinski definition) is 0. The van der Waals surface area contributed by atoms with Crippen LogP contribution in [0, 0.1) is 0 Å². The van der Waals surface area contributed by atoms with Crippen LogP contribution in [-0.2, 0) is 0 Å². The number of rotatable bonds is 6. The second-order valence-electron chi connectivity index (χ2n) is 4.15. The lowest BCUT2D eigenvalue weighted by Crippen LogP contribution is -2.24. The van der Waals surface area contributed by atoms with Crippen LogP contribution in [0.5, 0.6) is 0 Å². The van der Waals surface area contributed by atoms with Crippen molar-refractivity contribution in [3.63, 3.8) is 0 Å². The first kappa shape index (κ1) is 13.4. The quantitative estimate of drug-likeness (QED) is 0.558. The van der Waals surface area contributed by atoms with Crippen molar-refractivity contribution in [2.45, 2.75) is 27.2 Å². The number of ketones is 1. The van der Waals surface area contributed by atoms with E-state index < -0.39 is 0 Å². The fraction of sp³-hybridized carbons (Fsp3) is 0.429. The molecule has 92 valence electrons. The van der Waals surface area contributed by atoms with Crippen molar-refractivity contribution in [1.29, 1.82) is 0 Å². The molecule has 0 fully saturated rings. The molecular formula is C14H20N2O. The Hall–Kier alpha value is -1.64. The molecule has 1 aromatic rings. The molecule has 0 atom stereocenters. The zero-order chi connectivity index (χ0) is 12.8. The Morgan fingerprint density at radius 1 is 1.41 bits per heavy atom. The van der Waals surface area contributed by atoms with E-state index in [0.29, 0.717) is 12.1 Å². The third-order valence-electron chi connectivity index (χ3n) is 2.56. The summed E-state index contributed by atoms with van der Waals surface area (Å²) in [5, 5.41) is 0. The highest BCUT2D eigenvalue weighted by molar-refractivity contribution is 5.94. The van der Waals surface area contributed by atoms with Crippen LogP contribution in [0.2, 0.25) is 0 Å². The lowest BCUT2D eigenvalue weighted by Gasteiger charge is -2.22. The summed E-state index contributed by atoms with van der Waals surface area (Å²) in [5.41, 5.74) is 2.69. The van der Waals surface area contributed by atoms with Gasteiger partial charge in [-0.2, -0.15) is 0 Å². The molecule has 0 aliphatic heterocycles. The Bertz CT molecular complexity index is 395. The molecule has 0 unspecified atom stereocenters. The number of carbonyl (C=O) groups is 1. The van der Waals surface area contributed by atoms with Crippen molar-refractivity contribution in [2.24, 2.45) is 0 Å². The molecule has 0 bridgehead atoms. The molecular weight excluding hydrogens is 212 g/mol. The lowest BCUT2D eigenvalue weighted by molar-refractivity contribution is 0.0983. The Balaban J connectivity index is 2.84. The first-order valence-corrected chi connectivity index (χ1v) is 5.97. The summed E-state index contributed by atoms with van der Waals surface area (Å²) in [4.78, 5) is 17.8. The van der Waals surface area contributed by atoms with Gasteiger partial charge in [-0.05, 0) is 26.0 Å². The number of likely N-dealkylation sites (N-methyl/N-ethyl adjacent to an activating group) is 1. The number of pyridine rings is 1. The van der Waals surface area contributed by atoms with Crippen LogP contribution in [0.25, 0.3) is 0 Å². The second kappa shape index (κ2) is 6.18. The highest BCUT2D eigenvalue weighted by atomic mass is 16.1. The number of nitrogens with zero attached hydrogens (tertiary/aromatic N) is 2. The molecule has 1 heterocycles. The highest BCUT2D eigenvalue weighted by Gasteiger charge is 2.07. The molecule has 0 radical (unpaired) electrons. The van der Waals surface area contributed by atoms with Crippen molar-refractivity contribution < 1.29 is 4.79 Å². The Labute approximate surface area is 103 Å². The lowest BCUT2D eigenvalue weighted by atomic mass is 10.2. The average molecular weight is 232 g/mol. The van der Waals surface area contributed by atoms with E-state index in [0.717, 1.165) is 24.4 Å². The van der Waals surface area contributed by atoms with E-state index in [9.17, 15) is 4.79 Å². The van der Waals surface area contributed by atoms with Crippen LogP contribution in [0.1, 0.15) is 37.7 Å². The van der Waals surface area contributed by atoms with Crippen LogP contribution in [0.3, 0.4) is 0 Å². The molecule has 0 saturated carbocycles. The summed E-state index contributed by atoms with van der Waals surface area (Å²) < 4.78 is 0. The van der Waals surface area contributed by atoms with Crippen LogP contribution >= 0.6 is 0 Å². The minimum absolute atomic E-state index is 0.0829. The minimum Gasteiger partial charge on any atom is -0.367 e. The van der Waals surface area contributed by atoms with Gasteiger partial charge in [0.1, 0.15) is 5.69 Å². The Morgan fingerprint density at radius 2 is 2.12 bits per heavy atom. The third-order valence-corrected chi connectivity index (χ3v) is 2.56. The van der Waals surface area contributed by atoms with Gasteiger partial charge >= 0.3 is 0 Å². The number of Topliss-reactive ketones (excluding diaryl/α,β-unsaturated/α-hetero) is 1. The fourth-order valence-corrected chi connectivity index (χ4v) is 1.63. The van der Waals surface area contributed by atoms with Crippen molar-refractivity contribution in [3.8, 4) is 0 Å². The van der Waals surface area contributed by atoms with Crippen molar-refractivity contribution in [2.75, 3.05) is 18.0 Å². The van der Waals surface area contributed by atoms with Gasteiger partial charge in [0.15, 0.2) is 5.78 Å². The summed E-state index contributed by atoms with van der Waals surface area (Å²) in [6.07, 6.45) is 2.25. The SMILES string of the molecule is C=C(C)CN(CC)c1ccc(C(=O)CC)nc1. The molecule has 17 heavy (non-hydrogen) atoms. The first-order valence-electron chi connectivity index (χ1n) is 5.97. The molecule has 3 nitrogen and oxygen atoms in total. The van der Waals surface area contributed by atoms with Gasteiger partial charge in [0.05, 0.1) is 11.9 Å². The van der Waals surface area contributed by atoms with E-state index in [2.05, 4.69) is 23.4 Å². The predicted molar refractivity (Wildman–Crippen MR) is 71.6 cm³/mol. The van der Waals surface area contributed by atoms with Gasteiger partial charge in [-0.15, -0.1) is 0 Å². The maximum Gasteiger partial charge on any atom is 0.180 e. The molecule has 0 saturated heterocycles. The Morgan fingerprint density at radius 3 is 2.53 bits per heavy atom. The van der Waals surface area contributed by atoms with Gasteiger partial charge in [0.25, 0.3) is 0 Å². The summed E-state index contributed by atoms with van der Waals surface area (Å²) >= 11 is 0. The van der Waals surface area contributed by atoms with Gasteiger partial charge in [-0.3, -0.25) is 9.78 Å². The zero-order valence-corrected chi connectivity index (χ0v) is 10.9. The van der Waals surface area contributed by atoms with E-state index in [1.807, 2.05) is 19.9 Å². The monoisotopic (exact) mass is 232 g/mol. The molecule has 0 aliphatic carbocycles. The molecule has 0 N–H and O–H groups in total. The van der Waals surface area contributed by atoms with Crippen LogP contribution in [-0.4, -0.2) is 23.9 Å². The fourth-order valence-electron chi connectivity index (χ4n) is 1.63. The molecule has 1 aromatic heterocycles.